The summed E-state index contributed by atoms with van der Waals surface area (Å²) in [5, 5.41) is 122. The van der Waals surface area contributed by atoms with Gasteiger partial charge in [0.15, 0.2) is 29.6 Å². The highest BCUT2D eigenvalue weighted by molar-refractivity contribution is 5.71. The van der Waals surface area contributed by atoms with Crippen molar-refractivity contribution in [1.29, 1.82) is 0 Å². The van der Waals surface area contributed by atoms with Crippen molar-refractivity contribution in [3.8, 4) is 17.2 Å². The standard InChI is InChI=1S/C27H32O17/c28-6-16-19(35)21(37)23(39)26(42-16)44-25-22(38)20(36)17(7-29)43-27(25)41-15-5-10-11(31)3-9(30)4-14(10)40-24(15)8-1-12(32)18(34)13(33)2-8/h1-5,14,16-17,19-23,25-39H,6-7H2/p+1. The number of aromatic hydroxyl groups is 3. The minimum atomic E-state index is -1.91. The summed E-state index contributed by atoms with van der Waals surface area (Å²) in [4.78, 5) is 0. The van der Waals surface area contributed by atoms with E-state index in [9.17, 15) is 61.3 Å². The zero-order valence-electron chi connectivity index (χ0n) is 22.6. The molecule has 242 valence electrons. The van der Waals surface area contributed by atoms with Crippen LogP contribution in [0.25, 0.3) is 5.76 Å². The quantitative estimate of drug-likeness (QED) is 0.105. The molecule has 0 saturated carbocycles. The average Bonchev–Trinajstić information content (AvgIpc) is 2.99. The van der Waals surface area contributed by atoms with Crippen LogP contribution in [0.3, 0.4) is 0 Å². The number of aliphatic hydroxyl groups is 11. The smallest absolute Gasteiger partial charge is 0.305 e. The molecule has 2 fully saturated rings. The van der Waals surface area contributed by atoms with Gasteiger partial charge >= 0.3 is 5.76 Å². The van der Waals surface area contributed by atoms with E-state index in [1.807, 2.05) is 0 Å². The first kappa shape index (κ1) is 31.8. The summed E-state index contributed by atoms with van der Waals surface area (Å²) in [7, 11) is 0. The van der Waals surface area contributed by atoms with Gasteiger partial charge in [-0.05, 0) is 0 Å². The molecule has 13 N–H and O–H groups in total. The van der Waals surface area contributed by atoms with Gasteiger partial charge in [0.25, 0.3) is 0 Å². The number of rotatable bonds is 7. The Morgan fingerprint density at radius 3 is 1.93 bits per heavy atom. The molecule has 3 aliphatic heterocycles. The van der Waals surface area contributed by atoms with E-state index in [0.717, 1.165) is 18.2 Å². The maximum absolute atomic E-state index is 11.0. The largest absolute Gasteiger partial charge is 0.571 e. The summed E-state index contributed by atoms with van der Waals surface area (Å²) >= 11 is 0. The molecule has 11 unspecified atom stereocenters. The van der Waals surface area contributed by atoms with Crippen LogP contribution >= 0.6 is 0 Å². The van der Waals surface area contributed by atoms with Gasteiger partial charge in [0.2, 0.25) is 18.2 Å². The zero-order valence-corrected chi connectivity index (χ0v) is 22.6. The number of aliphatic hydroxyl groups excluding tert-OH is 9. The first-order valence-corrected chi connectivity index (χ1v) is 13.3. The Labute approximate surface area is 247 Å². The number of hydrogen-bond acceptors (Lipinski definition) is 16. The van der Waals surface area contributed by atoms with E-state index in [1.54, 1.807) is 0 Å². The highest BCUT2D eigenvalue weighted by Crippen LogP contribution is 2.42. The Morgan fingerprint density at radius 1 is 0.727 bits per heavy atom. The fraction of sp³-hybridized carbons (Fsp3) is 0.481. The number of benzene rings is 1. The lowest BCUT2D eigenvalue weighted by Crippen LogP contribution is -2.64. The van der Waals surface area contributed by atoms with Crippen LogP contribution in [0.4, 0.5) is 0 Å². The Bertz CT molecular complexity index is 1340. The van der Waals surface area contributed by atoms with E-state index in [-0.39, 0.29) is 28.4 Å². The molecule has 17 heteroatoms. The molecule has 1 aliphatic carbocycles. The molecule has 0 aromatic heterocycles. The Balaban J connectivity index is 1.55. The number of allylic oxidation sites excluding steroid dienone is 2. The summed E-state index contributed by atoms with van der Waals surface area (Å²) in [5.74, 6) is -3.43. The van der Waals surface area contributed by atoms with E-state index in [1.165, 1.54) is 12.2 Å². The lowest BCUT2D eigenvalue weighted by atomic mass is 9.96. The van der Waals surface area contributed by atoms with Crippen molar-refractivity contribution in [1.82, 2.24) is 0 Å². The number of phenols is 3. The van der Waals surface area contributed by atoms with Crippen LogP contribution in [0.1, 0.15) is 5.56 Å². The number of phenolic OH excluding ortho intramolecular Hbond substituents is 3. The molecule has 11 atom stereocenters. The Morgan fingerprint density at radius 2 is 1.32 bits per heavy atom. The number of hydrogen-bond donors (Lipinski definition) is 12. The van der Waals surface area contributed by atoms with Crippen LogP contribution < -0.4 is 0 Å². The van der Waals surface area contributed by atoms with Gasteiger partial charge in [-0.3, -0.25) is 0 Å². The Kier molecular flexibility index (Phi) is 8.96. The first-order valence-electron chi connectivity index (χ1n) is 13.3. The second-order valence-electron chi connectivity index (χ2n) is 10.5. The van der Waals surface area contributed by atoms with Crippen LogP contribution in [0.15, 0.2) is 53.2 Å². The van der Waals surface area contributed by atoms with Gasteiger partial charge in [0, 0.05) is 24.3 Å². The summed E-state index contributed by atoms with van der Waals surface area (Å²) in [6, 6.07) is 2.05. The lowest BCUT2D eigenvalue weighted by molar-refractivity contribution is -0.363. The molecule has 0 radical (unpaired) electrons. The van der Waals surface area contributed by atoms with E-state index in [4.69, 9.17) is 18.9 Å². The van der Waals surface area contributed by atoms with Crippen LogP contribution in [-0.4, -0.2) is 147 Å². The predicted octanol–water partition coefficient (Wildman–Crippen LogP) is -3.15. The lowest BCUT2D eigenvalue weighted by Gasteiger charge is -2.46. The molecular weight excluding hydrogens is 596 g/mol. The molecule has 1 aromatic carbocycles. The zero-order chi connectivity index (χ0) is 32.0. The van der Waals surface area contributed by atoms with Crippen molar-refractivity contribution in [2.75, 3.05) is 13.2 Å². The van der Waals surface area contributed by atoms with Gasteiger partial charge in [-0.25, -0.2) is 0 Å². The molecule has 4 aliphatic rings. The second kappa shape index (κ2) is 12.4. The van der Waals surface area contributed by atoms with Crippen LogP contribution in [-0.2, 0) is 18.9 Å². The van der Waals surface area contributed by atoms with Crippen molar-refractivity contribution < 1.29 is 85.0 Å². The van der Waals surface area contributed by atoms with E-state index in [2.05, 4.69) is 4.74 Å². The van der Waals surface area contributed by atoms with Crippen molar-refractivity contribution in [2.24, 2.45) is 0 Å². The second-order valence-corrected chi connectivity index (χ2v) is 10.5. The van der Waals surface area contributed by atoms with Crippen molar-refractivity contribution >= 4 is 5.76 Å². The normalized spacial score (nSPS) is 37.3. The van der Waals surface area contributed by atoms with Crippen molar-refractivity contribution in [3.05, 3.63) is 58.8 Å². The maximum Gasteiger partial charge on any atom is 0.305 e. The molecule has 17 nitrogen and oxygen atoms in total. The van der Waals surface area contributed by atoms with Gasteiger partial charge < -0.3 is 85.0 Å². The topological polar surface area (TPSA) is 292 Å². The summed E-state index contributed by atoms with van der Waals surface area (Å²) in [5.41, 5.74) is 0.0711. The van der Waals surface area contributed by atoms with E-state index in [0.29, 0.717) is 0 Å². The van der Waals surface area contributed by atoms with Gasteiger partial charge in [0.1, 0.15) is 54.2 Å². The van der Waals surface area contributed by atoms with Gasteiger partial charge in [-0.15, -0.1) is 0 Å². The average molecular weight is 630 g/mol. The van der Waals surface area contributed by atoms with E-state index >= 15 is 0 Å². The molecule has 5 rings (SSSR count). The van der Waals surface area contributed by atoms with Crippen LogP contribution in [0.2, 0.25) is 0 Å². The third-order valence-corrected chi connectivity index (χ3v) is 7.57. The fourth-order valence-corrected chi connectivity index (χ4v) is 5.16. The molecule has 0 amide bonds. The highest BCUT2D eigenvalue weighted by atomic mass is 16.8. The first-order chi connectivity index (χ1) is 20.8. The monoisotopic (exact) mass is 629 g/mol. The number of fused-ring (bicyclic) bond motifs is 1. The molecule has 2 saturated heterocycles. The third kappa shape index (κ3) is 5.77. The molecule has 3 heterocycles. The minimum Gasteiger partial charge on any atom is -0.571 e. The third-order valence-electron chi connectivity index (χ3n) is 7.57. The van der Waals surface area contributed by atoms with Crippen molar-refractivity contribution in [3.63, 3.8) is 0 Å². The fourth-order valence-electron chi connectivity index (χ4n) is 5.16. The van der Waals surface area contributed by atoms with Crippen molar-refractivity contribution in [2.45, 2.75) is 67.5 Å². The van der Waals surface area contributed by atoms with Crippen LogP contribution in [0.5, 0.6) is 17.2 Å². The molecule has 0 spiro atoms. The maximum atomic E-state index is 11.0. The molecule has 44 heavy (non-hydrogen) atoms. The van der Waals surface area contributed by atoms with Gasteiger partial charge in [0.05, 0.1) is 30.4 Å². The molecule has 1 aromatic rings. The van der Waals surface area contributed by atoms with Gasteiger partial charge in [-0.1, -0.05) is 0 Å². The minimum absolute atomic E-state index is 0.0356. The molecular formula is C27H33O17+. The van der Waals surface area contributed by atoms with E-state index < -0.39 is 104 Å². The van der Waals surface area contributed by atoms with Crippen LogP contribution in [0, 0.1) is 0 Å². The van der Waals surface area contributed by atoms with Gasteiger partial charge in [-0.2, -0.15) is 0 Å². The predicted molar refractivity (Wildman–Crippen MR) is 141 cm³/mol. The molecule has 0 bridgehead atoms. The number of ether oxygens (including phenoxy) is 5. The Hall–Kier alpha value is -3.62. The summed E-state index contributed by atoms with van der Waals surface area (Å²) in [6.07, 6.45) is -14.8. The SMILES string of the molecule is OCC1OC(OC2C(OC3=C(c4cc(O)c(O)c(O)c4)[OH+]C4C=C(O)C=C(O)C4=C3)OC(CO)C(O)C2O)C(O)C(O)C1O. The summed E-state index contributed by atoms with van der Waals surface area (Å²) < 4.78 is 27.1. The summed E-state index contributed by atoms with van der Waals surface area (Å²) in [6.45, 7) is -1.60. The highest BCUT2D eigenvalue weighted by Gasteiger charge is 2.52.